The number of ether oxygens (including phenoxy) is 1. The molecule has 6 heteroatoms. The number of unbranched alkanes of at least 4 members (excludes halogenated alkanes) is 5. The van der Waals surface area contributed by atoms with Crippen LogP contribution in [0.1, 0.15) is 70.6 Å². The van der Waals surface area contributed by atoms with Gasteiger partial charge in [0.15, 0.2) is 0 Å². The quantitative estimate of drug-likeness (QED) is 0.598. The normalized spacial score (nSPS) is 14.5. The number of rotatable bonds is 10. The molecule has 0 spiro atoms. The Bertz CT molecular complexity index is 293. The number of carboxylic acid groups (broad SMARTS) is 1. The Morgan fingerprint density at radius 1 is 1.00 bits per heavy atom. The molecule has 0 bridgehead atoms. The van der Waals surface area contributed by atoms with Crippen LogP contribution >= 0.6 is 12.4 Å². The van der Waals surface area contributed by atoms with Gasteiger partial charge >= 0.3 is 12.1 Å². The van der Waals surface area contributed by atoms with E-state index in [0.717, 1.165) is 51.4 Å². The van der Waals surface area contributed by atoms with E-state index in [4.69, 9.17) is 9.84 Å². The smallest absolute Gasteiger partial charge is 0.407 e. The largest absolute Gasteiger partial charge is 0.481 e. The average Bonchev–Trinajstić information content (AvgIpc) is 2.89. The number of hydrogen-bond acceptors (Lipinski definition) is 3. The summed E-state index contributed by atoms with van der Waals surface area (Å²) in [6.45, 7) is 0.667. The molecule has 0 unspecified atom stereocenters. The molecule has 124 valence electrons. The summed E-state index contributed by atoms with van der Waals surface area (Å²) in [5.74, 6) is -0.713. The predicted octanol–water partition coefficient (Wildman–Crippen LogP) is 3.89. The van der Waals surface area contributed by atoms with E-state index in [0.29, 0.717) is 6.54 Å². The molecule has 1 amide bonds. The van der Waals surface area contributed by atoms with Crippen LogP contribution < -0.4 is 5.32 Å². The van der Waals surface area contributed by atoms with Crippen LogP contribution in [0.3, 0.4) is 0 Å². The molecule has 2 N–H and O–H groups in total. The molecule has 5 nitrogen and oxygen atoms in total. The molecule has 0 aromatic rings. The Kier molecular flexibility index (Phi) is 12.2. The van der Waals surface area contributed by atoms with Crippen LogP contribution in [0.15, 0.2) is 0 Å². The molecule has 1 saturated carbocycles. The van der Waals surface area contributed by atoms with Gasteiger partial charge in [0.2, 0.25) is 0 Å². The fourth-order valence-corrected chi connectivity index (χ4v) is 2.50. The van der Waals surface area contributed by atoms with Gasteiger partial charge in [-0.3, -0.25) is 4.79 Å². The van der Waals surface area contributed by atoms with Gasteiger partial charge in [0, 0.05) is 13.0 Å². The van der Waals surface area contributed by atoms with Crippen molar-refractivity contribution in [3.63, 3.8) is 0 Å². The molecule has 0 heterocycles. The van der Waals surface area contributed by atoms with Crippen LogP contribution in [0.2, 0.25) is 0 Å². The van der Waals surface area contributed by atoms with Crippen molar-refractivity contribution in [1.82, 2.24) is 5.32 Å². The summed E-state index contributed by atoms with van der Waals surface area (Å²) in [7, 11) is 0. The lowest BCUT2D eigenvalue weighted by Crippen LogP contribution is -2.28. The van der Waals surface area contributed by atoms with Crippen LogP contribution in [-0.4, -0.2) is 29.8 Å². The fraction of sp³-hybridized carbons (Fsp3) is 0.867. The number of amides is 1. The highest BCUT2D eigenvalue weighted by atomic mass is 35.5. The molecule has 0 saturated heterocycles. The Morgan fingerprint density at radius 2 is 1.57 bits per heavy atom. The van der Waals surface area contributed by atoms with Crippen molar-refractivity contribution in [3.05, 3.63) is 0 Å². The van der Waals surface area contributed by atoms with E-state index in [1.165, 1.54) is 12.8 Å². The molecule has 0 radical (unpaired) electrons. The van der Waals surface area contributed by atoms with E-state index in [9.17, 15) is 9.59 Å². The first kappa shape index (κ1) is 20.0. The molecule has 0 aliphatic heterocycles. The van der Waals surface area contributed by atoms with Crippen LogP contribution in [0, 0.1) is 0 Å². The molecule has 21 heavy (non-hydrogen) atoms. The first-order valence-corrected chi connectivity index (χ1v) is 7.85. The molecule has 0 atom stereocenters. The highest BCUT2D eigenvalue weighted by Gasteiger charge is 2.18. The number of hydrogen-bond donors (Lipinski definition) is 2. The minimum absolute atomic E-state index is 0. The summed E-state index contributed by atoms with van der Waals surface area (Å²) >= 11 is 0. The summed E-state index contributed by atoms with van der Waals surface area (Å²) in [6, 6.07) is 0. The number of halogens is 1. The second-order valence-corrected chi connectivity index (χ2v) is 5.50. The summed E-state index contributed by atoms with van der Waals surface area (Å²) in [5, 5.41) is 11.3. The van der Waals surface area contributed by atoms with Gasteiger partial charge in [-0.05, 0) is 38.5 Å². The average molecular weight is 322 g/mol. The van der Waals surface area contributed by atoms with Gasteiger partial charge in [0.1, 0.15) is 6.10 Å². The number of carboxylic acids is 1. The third-order valence-corrected chi connectivity index (χ3v) is 3.66. The van der Waals surface area contributed by atoms with Crippen molar-refractivity contribution in [2.45, 2.75) is 76.7 Å². The van der Waals surface area contributed by atoms with Gasteiger partial charge in [0.25, 0.3) is 0 Å². The summed E-state index contributed by atoms with van der Waals surface area (Å²) < 4.78 is 5.29. The maximum Gasteiger partial charge on any atom is 0.407 e. The summed E-state index contributed by atoms with van der Waals surface area (Å²) in [4.78, 5) is 21.8. The van der Waals surface area contributed by atoms with Crippen LogP contribution in [0.4, 0.5) is 4.79 Å². The zero-order valence-corrected chi connectivity index (χ0v) is 13.5. The van der Waals surface area contributed by atoms with E-state index >= 15 is 0 Å². The topological polar surface area (TPSA) is 75.6 Å². The first-order valence-electron chi connectivity index (χ1n) is 7.85. The SMILES string of the molecule is Cl.O=C(O)CCCCCCCCNC(=O)OC1CCCC1. The number of carbonyl (C=O) groups is 2. The van der Waals surface area contributed by atoms with Crippen molar-refractivity contribution >= 4 is 24.5 Å². The maximum atomic E-state index is 11.4. The number of nitrogens with one attached hydrogen (secondary N) is 1. The highest BCUT2D eigenvalue weighted by molar-refractivity contribution is 5.85. The van der Waals surface area contributed by atoms with Gasteiger partial charge in [-0.25, -0.2) is 4.79 Å². The Balaban J connectivity index is 0.00000400. The van der Waals surface area contributed by atoms with Crippen molar-refractivity contribution < 1.29 is 19.4 Å². The maximum absolute atomic E-state index is 11.4. The van der Waals surface area contributed by atoms with Crippen LogP contribution in [0.25, 0.3) is 0 Å². The molecule has 1 fully saturated rings. The minimum Gasteiger partial charge on any atom is -0.481 e. The van der Waals surface area contributed by atoms with Crippen molar-refractivity contribution in [2.75, 3.05) is 6.54 Å². The number of carbonyl (C=O) groups excluding carboxylic acids is 1. The van der Waals surface area contributed by atoms with Crippen molar-refractivity contribution in [3.8, 4) is 0 Å². The lowest BCUT2D eigenvalue weighted by atomic mass is 10.1. The molecule has 1 rings (SSSR count). The van der Waals surface area contributed by atoms with Crippen molar-refractivity contribution in [1.29, 1.82) is 0 Å². The van der Waals surface area contributed by atoms with Gasteiger partial charge in [-0.1, -0.05) is 25.7 Å². The predicted molar refractivity (Wildman–Crippen MR) is 83.9 cm³/mol. The van der Waals surface area contributed by atoms with Gasteiger partial charge < -0.3 is 15.2 Å². The van der Waals surface area contributed by atoms with E-state index in [1.54, 1.807) is 0 Å². The number of aliphatic carboxylic acids is 1. The zero-order chi connectivity index (χ0) is 14.6. The second-order valence-electron chi connectivity index (χ2n) is 5.50. The van der Waals surface area contributed by atoms with Crippen LogP contribution in [-0.2, 0) is 9.53 Å². The molecular formula is C15H28ClNO4. The molecule has 0 aromatic carbocycles. The lowest BCUT2D eigenvalue weighted by Gasteiger charge is -2.12. The van der Waals surface area contributed by atoms with Crippen LogP contribution in [0.5, 0.6) is 0 Å². The molecular weight excluding hydrogens is 294 g/mol. The van der Waals surface area contributed by atoms with E-state index in [-0.39, 0.29) is 31.0 Å². The van der Waals surface area contributed by atoms with Gasteiger partial charge in [-0.2, -0.15) is 0 Å². The number of alkyl carbamates (subject to hydrolysis) is 1. The second kappa shape index (κ2) is 12.7. The lowest BCUT2D eigenvalue weighted by molar-refractivity contribution is -0.137. The summed E-state index contributed by atoms with van der Waals surface area (Å²) in [6.07, 6.45) is 10.4. The van der Waals surface area contributed by atoms with Crippen molar-refractivity contribution in [2.24, 2.45) is 0 Å². The fourth-order valence-electron chi connectivity index (χ4n) is 2.50. The van der Waals surface area contributed by atoms with E-state index in [2.05, 4.69) is 5.32 Å². The minimum atomic E-state index is -0.713. The van der Waals surface area contributed by atoms with Gasteiger partial charge in [-0.15, -0.1) is 12.4 Å². The van der Waals surface area contributed by atoms with E-state index < -0.39 is 5.97 Å². The third kappa shape index (κ3) is 11.4. The molecule has 0 aromatic heterocycles. The van der Waals surface area contributed by atoms with E-state index in [1.807, 2.05) is 0 Å². The van der Waals surface area contributed by atoms with Gasteiger partial charge in [0.05, 0.1) is 0 Å². The standard InChI is InChI=1S/C15H27NO4.ClH/c17-14(18)11-5-3-1-2-4-8-12-16-15(19)20-13-9-6-7-10-13;/h13H,1-12H2,(H,16,19)(H,17,18);1H. The third-order valence-electron chi connectivity index (χ3n) is 3.66. The Morgan fingerprint density at radius 3 is 2.19 bits per heavy atom. The highest BCUT2D eigenvalue weighted by Crippen LogP contribution is 2.20. The molecule has 1 aliphatic rings. The summed E-state index contributed by atoms with van der Waals surface area (Å²) in [5.41, 5.74) is 0. The Hall–Kier alpha value is -0.970. The molecule has 1 aliphatic carbocycles. The first-order chi connectivity index (χ1) is 9.68. The monoisotopic (exact) mass is 321 g/mol. The zero-order valence-electron chi connectivity index (χ0n) is 12.6. The Labute approximate surface area is 133 Å².